The van der Waals surface area contributed by atoms with E-state index in [2.05, 4.69) is 4.90 Å². The zero-order valence-electron chi connectivity index (χ0n) is 11.4. The molecule has 0 bridgehead atoms. The average Bonchev–Trinajstić information content (AvgIpc) is 2.79. The largest absolute Gasteiger partial charge is 0.396 e. The van der Waals surface area contributed by atoms with Crippen LogP contribution >= 0.6 is 0 Å². The van der Waals surface area contributed by atoms with Crippen molar-refractivity contribution in [3.63, 3.8) is 0 Å². The highest BCUT2D eigenvalue weighted by Gasteiger charge is 2.29. The van der Waals surface area contributed by atoms with Gasteiger partial charge < -0.3 is 15.5 Å². The second-order valence-corrected chi connectivity index (χ2v) is 5.29. The number of likely N-dealkylation sites (tertiary alicyclic amines) is 1. The van der Waals surface area contributed by atoms with Gasteiger partial charge in [0, 0.05) is 24.7 Å². The fraction of sp³-hybridized carbons (Fsp3) is 0.500. The van der Waals surface area contributed by atoms with E-state index in [9.17, 15) is 9.18 Å². The Kier molecular flexibility index (Phi) is 4.04. The topological polar surface area (TPSA) is 49.6 Å². The van der Waals surface area contributed by atoms with Gasteiger partial charge in [-0.25, -0.2) is 4.39 Å². The number of anilines is 1. The Morgan fingerprint density at radius 2 is 2.26 bits per heavy atom. The molecule has 1 aliphatic heterocycles. The first-order valence-corrected chi connectivity index (χ1v) is 6.50. The lowest BCUT2D eigenvalue weighted by Crippen LogP contribution is -2.41. The maximum atomic E-state index is 13.1. The molecule has 1 aliphatic rings. The van der Waals surface area contributed by atoms with Crippen molar-refractivity contribution in [2.45, 2.75) is 18.9 Å². The summed E-state index contributed by atoms with van der Waals surface area (Å²) in [5.41, 5.74) is 6.00. The first-order chi connectivity index (χ1) is 8.99. The molecular weight excluding hydrogens is 245 g/mol. The Morgan fingerprint density at radius 1 is 1.53 bits per heavy atom. The number of hydrogen-bond acceptors (Lipinski definition) is 3. The lowest BCUT2D eigenvalue weighted by molar-refractivity contribution is 0.0716. The summed E-state index contributed by atoms with van der Waals surface area (Å²) < 4.78 is 13.1. The van der Waals surface area contributed by atoms with E-state index in [1.54, 1.807) is 0 Å². The maximum absolute atomic E-state index is 13.1. The standard InChI is InChI=1S/C14H20FN3O/c1-17(2)9-11-4-3-7-18(11)14(19)10-5-6-12(15)13(16)8-10/h5-6,8,11H,3-4,7,9,16H2,1-2H3. The zero-order valence-corrected chi connectivity index (χ0v) is 11.4. The molecular formula is C14H20FN3O. The van der Waals surface area contributed by atoms with E-state index >= 15 is 0 Å². The molecule has 1 heterocycles. The summed E-state index contributed by atoms with van der Waals surface area (Å²) in [6.45, 7) is 1.61. The highest BCUT2D eigenvalue weighted by Crippen LogP contribution is 2.22. The average molecular weight is 265 g/mol. The normalized spacial score (nSPS) is 19.2. The van der Waals surface area contributed by atoms with Crippen molar-refractivity contribution in [2.24, 2.45) is 0 Å². The second kappa shape index (κ2) is 5.57. The molecule has 2 N–H and O–H groups in total. The lowest BCUT2D eigenvalue weighted by atomic mass is 10.1. The number of carbonyl (C=O) groups is 1. The van der Waals surface area contributed by atoms with Gasteiger partial charge in [0.05, 0.1) is 5.69 Å². The fourth-order valence-corrected chi connectivity index (χ4v) is 2.56. The van der Waals surface area contributed by atoms with Gasteiger partial charge in [0.1, 0.15) is 5.82 Å². The van der Waals surface area contributed by atoms with Gasteiger partial charge in [0.25, 0.3) is 5.91 Å². The molecule has 0 saturated carbocycles. The van der Waals surface area contributed by atoms with E-state index in [0.717, 1.165) is 25.9 Å². The van der Waals surface area contributed by atoms with Crippen LogP contribution < -0.4 is 5.73 Å². The first kappa shape index (κ1) is 13.8. The Balaban J connectivity index is 2.16. The molecule has 1 saturated heterocycles. The van der Waals surface area contributed by atoms with Crippen molar-refractivity contribution in [1.82, 2.24) is 9.80 Å². The number of hydrogen-bond donors (Lipinski definition) is 1. The number of halogens is 1. The van der Waals surface area contributed by atoms with Crippen LogP contribution in [-0.4, -0.2) is 48.9 Å². The quantitative estimate of drug-likeness (QED) is 0.844. The lowest BCUT2D eigenvalue weighted by Gasteiger charge is -2.27. The van der Waals surface area contributed by atoms with Gasteiger partial charge in [-0.3, -0.25) is 4.79 Å². The summed E-state index contributed by atoms with van der Waals surface area (Å²) >= 11 is 0. The molecule has 19 heavy (non-hydrogen) atoms. The highest BCUT2D eigenvalue weighted by molar-refractivity contribution is 5.95. The van der Waals surface area contributed by atoms with Crippen molar-refractivity contribution in [1.29, 1.82) is 0 Å². The van der Waals surface area contributed by atoms with Crippen LogP contribution in [0.5, 0.6) is 0 Å². The van der Waals surface area contributed by atoms with Gasteiger partial charge >= 0.3 is 0 Å². The number of nitrogen functional groups attached to an aromatic ring is 1. The van der Waals surface area contributed by atoms with Gasteiger partial charge in [-0.15, -0.1) is 0 Å². The van der Waals surface area contributed by atoms with Crippen LogP contribution in [0.15, 0.2) is 18.2 Å². The predicted molar refractivity (Wildman–Crippen MR) is 73.4 cm³/mol. The number of carbonyl (C=O) groups excluding carboxylic acids is 1. The highest BCUT2D eigenvalue weighted by atomic mass is 19.1. The Labute approximate surface area is 113 Å². The Morgan fingerprint density at radius 3 is 2.89 bits per heavy atom. The van der Waals surface area contributed by atoms with Crippen molar-refractivity contribution >= 4 is 11.6 Å². The Bertz CT molecular complexity index is 476. The number of nitrogens with zero attached hydrogens (tertiary/aromatic N) is 2. The second-order valence-electron chi connectivity index (χ2n) is 5.29. The van der Waals surface area contributed by atoms with E-state index in [4.69, 9.17) is 5.73 Å². The molecule has 5 heteroatoms. The van der Waals surface area contributed by atoms with Crippen molar-refractivity contribution in [2.75, 3.05) is 32.9 Å². The molecule has 0 aliphatic carbocycles. The molecule has 4 nitrogen and oxygen atoms in total. The van der Waals surface area contributed by atoms with Gasteiger partial charge in [-0.1, -0.05) is 0 Å². The van der Waals surface area contributed by atoms with E-state index in [0.29, 0.717) is 5.56 Å². The summed E-state index contributed by atoms with van der Waals surface area (Å²) in [6, 6.07) is 4.40. The van der Waals surface area contributed by atoms with E-state index in [1.807, 2.05) is 19.0 Å². The third-order valence-electron chi connectivity index (χ3n) is 3.46. The third-order valence-corrected chi connectivity index (χ3v) is 3.46. The predicted octanol–water partition coefficient (Wildman–Crippen LogP) is 1.57. The monoisotopic (exact) mass is 265 g/mol. The molecule has 1 unspecified atom stereocenters. The van der Waals surface area contributed by atoms with Crippen LogP contribution in [0.4, 0.5) is 10.1 Å². The number of benzene rings is 1. The van der Waals surface area contributed by atoms with Gasteiger partial charge in [0.2, 0.25) is 0 Å². The molecule has 0 spiro atoms. The van der Waals surface area contributed by atoms with Gasteiger partial charge in [0.15, 0.2) is 0 Å². The molecule has 1 aromatic carbocycles. The van der Waals surface area contributed by atoms with E-state index in [1.165, 1.54) is 18.2 Å². The van der Waals surface area contributed by atoms with Crippen LogP contribution in [0.3, 0.4) is 0 Å². The molecule has 1 fully saturated rings. The van der Waals surface area contributed by atoms with Gasteiger partial charge in [-0.05, 0) is 45.1 Å². The summed E-state index contributed by atoms with van der Waals surface area (Å²) in [5.74, 6) is -0.543. The number of nitrogens with two attached hydrogens (primary N) is 1. The molecule has 1 atom stereocenters. The molecule has 1 aromatic rings. The summed E-state index contributed by atoms with van der Waals surface area (Å²) in [4.78, 5) is 16.4. The first-order valence-electron chi connectivity index (χ1n) is 6.50. The summed E-state index contributed by atoms with van der Waals surface area (Å²) in [6.07, 6.45) is 2.03. The summed E-state index contributed by atoms with van der Waals surface area (Å²) in [5, 5.41) is 0. The van der Waals surface area contributed by atoms with Crippen LogP contribution in [0.1, 0.15) is 23.2 Å². The number of rotatable bonds is 3. The van der Waals surface area contributed by atoms with Crippen LogP contribution in [0, 0.1) is 5.82 Å². The zero-order chi connectivity index (χ0) is 14.0. The maximum Gasteiger partial charge on any atom is 0.254 e. The van der Waals surface area contributed by atoms with Crippen LogP contribution in [-0.2, 0) is 0 Å². The van der Waals surface area contributed by atoms with E-state index in [-0.39, 0.29) is 17.6 Å². The molecule has 1 amide bonds. The minimum atomic E-state index is -0.484. The summed E-state index contributed by atoms with van der Waals surface area (Å²) in [7, 11) is 3.99. The third kappa shape index (κ3) is 3.04. The van der Waals surface area contributed by atoms with Crippen LogP contribution in [0.25, 0.3) is 0 Å². The van der Waals surface area contributed by atoms with Crippen molar-refractivity contribution in [3.05, 3.63) is 29.6 Å². The SMILES string of the molecule is CN(C)CC1CCCN1C(=O)c1ccc(F)c(N)c1. The molecule has 2 rings (SSSR count). The molecule has 104 valence electrons. The van der Waals surface area contributed by atoms with Gasteiger partial charge in [-0.2, -0.15) is 0 Å². The minimum Gasteiger partial charge on any atom is -0.396 e. The molecule has 0 radical (unpaired) electrons. The fourth-order valence-electron chi connectivity index (χ4n) is 2.56. The van der Waals surface area contributed by atoms with E-state index < -0.39 is 5.82 Å². The number of likely N-dealkylation sites (N-methyl/N-ethyl adjacent to an activating group) is 1. The number of amides is 1. The smallest absolute Gasteiger partial charge is 0.254 e. The Hall–Kier alpha value is -1.62. The minimum absolute atomic E-state index is 0.0224. The molecule has 0 aromatic heterocycles. The van der Waals surface area contributed by atoms with Crippen molar-refractivity contribution < 1.29 is 9.18 Å². The van der Waals surface area contributed by atoms with Crippen molar-refractivity contribution in [3.8, 4) is 0 Å². The van der Waals surface area contributed by atoms with Crippen LogP contribution in [0.2, 0.25) is 0 Å².